The summed E-state index contributed by atoms with van der Waals surface area (Å²) < 4.78 is 23.4. The lowest BCUT2D eigenvalue weighted by molar-refractivity contribution is -0.870. The van der Waals surface area contributed by atoms with Crippen LogP contribution in [0.2, 0.25) is 0 Å². The summed E-state index contributed by atoms with van der Waals surface area (Å²) in [5, 5.41) is 13.9. The first kappa shape index (κ1) is 77.9. The first-order valence-corrected chi connectivity index (χ1v) is 35.8. The first-order chi connectivity index (χ1) is 39.0. The molecule has 0 aromatic rings. The molecule has 0 aliphatic rings. The fraction of sp³-hybridized carbons (Fsp3) is 0.817. The molecule has 0 heterocycles. The van der Waals surface area contributed by atoms with Gasteiger partial charge in [0.05, 0.1) is 39.9 Å². The topological polar surface area (TPSA) is 108 Å². The molecular formula is C71H133N2O6P. The van der Waals surface area contributed by atoms with E-state index in [4.69, 9.17) is 9.05 Å². The number of hydrogen-bond acceptors (Lipinski definition) is 6. The average molecular weight is 1140 g/mol. The molecule has 0 aliphatic heterocycles. The minimum Gasteiger partial charge on any atom is -0.756 e. The van der Waals surface area contributed by atoms with E-state index in [0.717, 1.165) is 64.2 Å². The van der Waals surface area contributed by atoms with Gasteiger partial charge in [-0.3, -0.25) is 9.36 Å². The maximum atomic E-state index is 13.0. The first-order valence-electron chi connectivity index (χ1n) is 34.3. The van der Waals surface area contributed by atoms with Gasteiger partial charge in [0.2, 0.25) is 5.91 Å². The molecule has 0 spiro atoms. The van der Waals surface area contributed by atoms with Gasteiger partial charge in [0.15, 0.2) is 0 Å². The highest BCUT2D eigenvalue weighted by Gasteiger charge is 2.23. The Bertz CT molecular complexity index is 1530. The molecule has 0 saturated heterocycles. The summed E-state index contributed by atoms with van der Waals surface area (Å²) >= 11 is 0. The average Bonchev–Trinajstić information content (AvgIpc) is 3.42. The molecule has 0 saturated carbocycles. The molecule has 0 aromatic heterocycles. The van der Waals surface area contributed by atoms with Crippen molar-refractivity contribution in [2.75, 3.05) is 40.9 Å². The lowest BCUT2D eigenvalue weighted by Crippen LogP contribution is -2.45. The number of allylic oxidation sites excluding steroid dienone is 11. The summed E-state index contributed by atoms with van der Waals surface area (Å²) in [6, 6.07) is -0.904. The number of amides is 1. The molecule has 3 atom stereocenters. The summed E-state index contributed by atoms with van der Waals surface area (Å²) in [6.07, 6.45) is 86.1. The normalized spacial score (nSPS) is 14.1. The van der Waals surface area contributed by atoms with Gasteiger partial charge in [-0.05, 0) is 70.6 Å². The summed E-state index contributed by atoms with van der Waals surface area (Å²) in [5.74, 6) is -0.202. The van der Waals surface area contributed by atoms with E-state index in [0.29, 0.717) is 17.4 Å². The standard InChI is InChI=1S/C71H133N2O6P/c1-6-8-10-12-14-16-18-20-22-24-26-27-28-29-30-31-32-33-34-35-36-37-38-39-40-41-42-43-44-45-47-49-51-53-55-57-59-61-63-65-71(75)72-69(68-79-80(76,77)78-67-66-73(3,4)5)70(74)64-62-60-58-56-54-52-50-48-46-25-23-21-19-17-15-13-11-9-7-2/h8,10,14,16,20,22,26-27,54,56,62,64,69-70,74H,6-7,9,11-13,15,17-19,21,23-25,28-53,55,57-61,63,65-68H2,1-5H3,(H-,72,75,76,77)/b10-8-,16-14-,22-20-,27-26-,56-54+,64-62+. The smallest absolute Gasteiger partial charge is 0.268 e. The van der Waals surface area contributed by atoms with E-state index in [1.165, 1.54) is 238 Å². The van der Waals surface area contributed by atoms with Crippen molar-refractivity contribution in [3.8, 4) is 0 Å². The second kappa shape index (κ2) is 61.5. The Balaban J connectivity index is 3.96. The molecule has 8 nitrogen and oxygen atoms in total. The van der Waals surface area contributed by atoms with Gasteiger partial charge in [-0.15, -0.1) is 0 Å². The third-order valence-electron chi connectivity index (χ3n) is 15.4. The lowest BCUT2D eigenvalue weighted by atomic mass is 10.0. The summed E-state index contributed by atoms with van der Waals surface area (Å²) in [7, 11) is 1.25. The van der Waals surface area contributed by atoms with Crippen LogP contribution in [-0.4, -0.2) is 68.5 Å². The fourth-order valence-electron chi connectivity index (χ4n) is 10.1. The molecule has 0 aromatic carbocycles. The summed E-state index contributed by atoms with van der Waals surface area (Å²) in [5.41, 5.74) is 0. The number of unbranched alkanes of at least 4 members (excludes halogenated alkanes) is 40. The number of aliphatic hydroxyl groups is 1. The van der Waals surface area contributed by atoms with Crippen molar-refractivity contribution in [1.82, 2.24) is 5.32 Å². The Morgan fingerprint density at radius 2 is 0.775 bits per heavy atom. The van der Waals surface area contributed by atoms with Gasteiger partial charge in [0.25, 0.3) is 7.82 Å². The van der Waals surface area contributed by atoms with Crippen LogP contribution in [0.4, 0.5) is 0 Å². The molecule has 0 rings (SSSR count). The van der Waals surface area contributed by atoms with Crippen LogP contribution in [0, 0.1) is 0 Å². The molecule has 468 valence electrons. The van der Waals surface area contributed by atoms with E-state index in [1.807, 2.05) is 27.2 Å². The fourth-order valence-corrected chi connectivity index (χ4v) is 10.8. The Morgan fingerprint density at radius 1 is 0.450 bits per heavy atom. The van der Waals surface area contributed by atoms with E-state index < -0.39 is 26.6 Å². The molecule has 0 fully saturated rings. The number of carbonyl (C=O) groups excluding carboxylic acids is 1. The van der Waals surface area contributed by atoms with E-state index in [9.17, 15) is 19.4 Å². The Kier molecular flexibility index (Phi) is 59.9. The number of quaternary nitrogens is 1. The molecular weight excluding hydrogens is 1010 g/mol. The van der Waals surface area contributed by atoms with Crippen molar-refractivity contribution in [2.24, 2.45) is 0 Å². The van der Waals surface area contributed by atoms with Gasteiger partial charge in [-0.2, -0.15) is 0 Å². The largest absolute Gasteiger partial charge is 0.756 e. The molecule has 9 heteroatoms. The molecule has 80 heavy (non-hydrogen) atoms. The van der Waals surface area contributed by atoms with E-state index in [1.54, 1.807) is 6.08 Å². The highest BCUT2D eigenvalue weighted by molar-refractivity contribution is 7.45. The van der Waals surface area contributed by atoms with Gasteiger partial charge in [0, 0.05) is 6.42 Å². The van der Waals surface area contributed by atoms with Crippen LogP contribution in [0.15, 0.2) is 72.9 Å². The quantitative estimate of drug-likeness (QED) is 0.0272. The van der Waals surface area contributed by atoms with Gasteiger partial charge in [-0.1, -0.05) is 318 Å². The third kappa shape index (κ3) is 63.5. The third-order valence-corrected chi connectivity index (χ3v) is 16.4. The lowest BCUT2D eigenvalue weighted by Gasteiger charge is -2.29. The van der Waals surface area contributed by atoms with Crippen molar-refractivity contribution in [1.29, 1.82) is 0 Å². The maximum Gasteiger partial charge on any atom is 0.268 e. The van der Waals surface area contributed by atoms with E-state index in [2.05, 4.69) is 79.9 Å². The van der Waals surface area contributed by atoms with Crippen molar-refractivity contribution in [3.05, 3.63) is 72.9 Å². The van der Waals surface area contributed by atoms with Crippen molar-refractivity contribution in [2.45, 2.75) is 334 Å². The predicted molar refractivity (Wildman–Crippen MR) is 348 cm³/mol. The van der Waals surface area contributed by atoms with Crippen LogP contribution in [-0.2, 0) is 18.4 Å². The van der Waals surface area contributed by atoms with Gasteiger partial charge < -0.3 is 28.8 Å². The number of rotatable bonds is 63. The minimum absolute atomic E-state index is 0.00586. The minimum atomic E-state index is -4.61. The maximum absolute atomic E-state index is 13.0. The van der Waals surface area contributed by atoms with Crippen molar-refractivity contribution < 1.29 is 32.9 Å². The number of phosphoric acid groups is 1. The second-order valence-electron chi connectivity index (χ2n) is 24.5. The number of nitrogens with zero attached hydrogens (tertiary/aromatic N) is 1. The van der Waals surface area contributed by atoms with E-state index in [-0.39, 0.29) is 12.5 Å². The SMILES string of the molecule is CC/C=C\C/C=C\C/C=C\C/C=C\CCCCCCCCCCCCCCCCCCCCCCCCCCCCC(=O)NC(COP(=O)([O-])OCC[N+](C)(C)C)C(O)/C=C/CC/C=C/CCCCCCCCCCCCCCC. The summed E-state index contributed by atoms with van der Waals surface area (Å²) in [6.45, 7) is 4.55. The monoisotopic (exact) mass is 1140 g/mol. The van der Waals surface area contributed by atoms with Crippen LogP contribution in [0.5, 0.6) is 0 Å². The van der Waals surface area contributed by atoms with Crippen LogP contribution < -0.4 is 10.2 Å². The Morgan fingerprint density at radius 3 is 1.16 bits per heavy atom. The Labute approximate surface area is 497 Å². The Hall–Kier alpha value is -2.06. The number of likely N-dealkylation sites (N-methyl/N-ethyl adjacent to an activating group) is 1. The predicted octanol–water partition coefficient (Wildman–Crippen LogP) is 21.1. The van der Waals surface area contributed by atoms with Crippen LogP contribution >= 0.6 is 7.82 Å². The highest BCUT2D eigenvalue weighted by atomic mass is 31.2. The highest BCUT2D eigenvalue weighted by Crippen LogP contribution is 2.38. The zero-order valence-corrected chi connectivity index (χ0v) is 54.4. The van der Waals surface area contributed by atoms with Crippen LogP contribution in [0.1, 0.15) is 322 Å². The number of hydrogen-bond donors (Lipinski definition) is 2. The number of phosphoric ester groups is 1. The van der Waals surface area contributed by atoms with Gasteiger partial charge in [-0.25, -0.2) is 0 Å². The molecule has 3 unspecified atom stereocenters. The second-order valence-corrected chi connectivity index (χ2v) is 25.9. The van der Waals surface area contributed by atoms with Gasteiger partial charge >= 0.3 is 0 Å². The number of carbonyl (C=O) groups is 1. The molecule has 1 amide bonds. The molecule has 2 N–H and O–H groups in total. The van der Waals surface area contributed by atoms with Crippen LogP contribution in [0.3, 0.4) is 0 Å². The van der Waals surface area contributed by atoms with Crippen molar-refractivity contribution >= 4 is 13.7 Å². The zero-order valence-electron chi connectivity index (χ0n) is 53.5. The van der Waals surface area contributed by atoms with Crippen LogP contribution in [0.25, 0.3) is 0 Å². The summed E-state index contributed by atoms with van der Waals surface area (Å²) in [4.78, 5) is 25.6. The zero-order chi connectivity index (χ0) is 58.4. The molecule has 0 radical (unpaired) electrons. The molecule has 0 bridgehead atoms. The van der Waals surface area contributed by atoms with Gasteiger partial charge in [0.1, 0.15) is 13.2 Å². The number of nitrogens with one attached hydrogen (secondary N) is 1. The number of aliphatic hydroxyl groups excluding tert-OH is 1. The van der Waals surface area contributed by atoms with E-state index >= 15 is 0 Å². The van der Waals surface area contributed by atoms with Crippen molar-refractivity contribution in [3.63, 3.8) is 0 Å². The molecule has 0 aliphatic carbocycles.